The van der Waals surface area contributed by atoms with Gasteiger partial charge in [0.05, 0.1) is 18.4 Å². The van der Waals surface area contributed by atoms with Crippen LogP contribution in [0.4, 0.5) is 0 Å². The zero-order valence-corrected chi connectivity index (χ0v) is 12.7. The SMILES string of the molecule is COC(=O)C(C)(C)CCNCC(CC(C)C)C(=O)O. The highest BCUT2D eigenvalue weighted by Crippen LogP contribution is 2.21. The minimum atomic E-state index is -0.770. The molecule has 1 unspecified atom stereocenters. The summed E-state index contributed by atoms with van der Waals surface area (Å²) in [5.74, 6) is -1.03. The fraction of sp³-hybridized carbons (Fsp3) is 0.857. The van der Waals surface area contributed by atoms with Gasteiger partial charge in [-0.3, -0.25) is 9.59 Å². The van der Waals surface area contributed by atoms with E-state index in [1.807, 2.05) is 27.7 Å². The van der Waals surface area contributed by atoms with E-state index in [0.29, 0.717) is 31.8 Å². The molecule has 0 aliphatic heterocycles. The van der Waals surface area contributed by atoms with E-state index in [1.54, 1.807) is 0 Å². The molecule has 0 aromatic rings. The molecule has 0 heterocycles. The van der Waals surface area contributed by atoms with Gasteiger partial charge in [-0.05, 0) is 39.2 Å². The van der Waals surface area contributed by atoms with Gasteiger partial charge in [-0.1, -0.05) is 13.8 Å². The maximum atomic E-state index is 11.5. The summed E-state index contributed by atoms with van der Waals surface area (Å²) in [7, 11) is 1.38. The summed E-state index contributed by atoms with van der Waals surface area (Å²) in [5.41, 5.74) is -0.543. The van der Waals surface area contributed by atoms with Crippen LogP contribution in [0.5, 0.6) is 0 Å². The predicted molar refractivity (Wildman–Crippen MR) is 73.9 cm³/mol. The van der Waals surface area contributed by atoms with Gasteiger partial charge in [0.2, 0.25) is 0 Å². The standard InChI is InChI=1S/C14H27NO4/c1-10(2)8-11(12(16)17)9-15-7-6-14(3,4)13(18)19-5/h10-11,15H,6-9H2,1-5H3,(H,16,17). The van der Waals surface area contributed by atoms with Gasteiger partial charge in [0, 0.05) is 6.54 Å². The van der Waals surface area contributed by atoms with Crippen LogP contribution in [-0.4, -0.2) is 37.2 Å². The van der Waals surface area contributed by atoms with E-state index in [0.717, 1.165) is 0 Å². The molecular formula is C14H27NO4. The number of aliphatic carboxylic acids is 1. The second-order valence-electron chi connectivity index (χ2n) is 5.99. The topological polar surface area (TPSA) is 75.6 Å². The molecule has 0 aliphatic rings. The van der Waals surface area contributed by atoms with Crippen molar-refractivity contribution in [1.29, 1.82) is 0 Å². The van der Waals surface area contributed by atoms with E-state index in [-0.39, 0.29) is 11.9 Å². The Morgan fingerprint density at radius 2 is 1.89 bits per heavy atom. The molecule has 0 amide bonds. The number of carbonyl (C=O) groups excluding carboxylic acids is 1. The lowest BCUT2D eigenvalue weighted by molar-refractivity contribution is -0.151. The van der Waals surface area contributed by atoms with Crippen LogP contribution in [0, 0.1) is 17.3 Å². The van der Waals surface area contributed by atoms with Crippen molar-refractivity contribution >= 4 is 11.9 Å². The maximum absolute atomic E-state index is 11.5. The van der Waals surface area contributed by atoms with Gasteiger partial charge in [-0.25, -0.2) is 0 Å². The molecule has 5 nitrogen and oxygen atoms in total. The largest absolute Gasteiger partial charge is 0.481 e. The first-order valence-electron chi connectivity index (χ1n) is 6.72. The van der Waals surface area contributed by atoms with Crippen LogP contribution >= 0.6 is 0 Å². The van der Waals surface area contributed by atoms with Crippen LogP contribution in [0.15, 0.2) is 0 Å². The van der Waals surface area contributed by atoms with Crippen molar-refractivity contribution in [1.82, 2.24) is 5.32 Å². The number of hydrogen-bond acceptors (Lipinski definition) is 4. The van der Waals surface area contributed by atoms with Crippen LogP contribution in [0.3, 0.4) is 0 Å². The molecule has 19 heavy (non-hydrogen) atoms. The van der Waals surface area contributed by atoms with Crippen molar-refractivity contribution < 1.29 is 19.4 Å². The first-order chi connectivity index (χ1) is 8.70. The van der Waals surface area contributed by atoms with Crippen LogP contribution in [0.25, 0.3) is 0 Å². The van der Waals surface area contributed by atoms with E-state index in [2.05, 4.69) is 5.32 Å². The Balaban J connectivity index is 4.07. The molecule has 2 N–H and O–H groups in total. The summed E-state index contributed by atoms with van der Waals surface area (Å²) in [6, 6.07) is 0. The minimum absolute atomic E-state index is 0.244. The number of methoxy groups -OCH3 is 1. The molecule has 0 aliphatic carbocycles. The Hall–Kier alpha value is -1.10. The molecule has 1 atom stereocenters. The smallest absolute Gasteiger partial charge is 0.311 e. The van der Waals surface area contributed by atoms with Crippen LogP contribution in [0.2, 0.25) is 0 Å². The van der Waals surface area contributed by atoms with E-state index in [1.165, 1.54) is 7.11 Å². The molecule has 0 fully saturated rings. The van der Waals surface area contributed by atoms with Gasteiger partial charge < -0.3 is 15.2 Å². The summed E-state index contributed by atoms with van der Waals surface area (Å²) < 4.78 is 4.72. The number of carboxylic acid groups (broad SMARTS) is 1. The summed E-state index contributed by atoms with van der Waals surface area (Å²) >= 11 is 0. The fourth-order valence-corrected chi connectivity index (χ4v) is 1.90. The second kappa shape index (κ2) is 8.15. The second-order valence-corrected chi connectivity index (χ2v) is 5.99. The highest BCUT2D eigenvalue weighted by atomic mass is 16.5. The lowest BCUT2D eigenvalue weighted by Crippen LogP contribution is -2.34. The molecule has 0 saturated heterocycles. The van der Waals surface area contributed by atoms with Crippen molar-refractivity contribution in [2.75, 3.05) is 20.2 Å². The molecule has 5 heteroatoms. The Morgan fingerprint density at radius 1 is 1.32 bits per heavy atom. The normalized spacial score (nSPS) is 13.4. The highest BCUT2D eigenvalue weighted by molar-refractivity contribution is 5.75. The lowest BCUT2D eigenvalue weighted by atomic mass is 9.89. The van der Waals surface area contributed by atoms with Gasteiger partial charge in [0.15, 0.2) is 0 Å². The quantitative estimate of drug-likeness (QED) is 0.496. The van der Waals surface area contributed by atoms with Crippen molar-refractivity contribution in [3.63, 3.8) is 0 Å². The number of nitrogens with one attached hydrogen (secondary N) is 1. The summed E-state index contributed by atoms with van der Waals surface area (Å²) in [5, 5.41) is 12.2. The molecule has 0 aromatic heterocycles. The van der Waals surface area contributed by atoms with Crippen molar-refractivity contribution in [2.45, 2.75) is 40.5 Å². The number of rotatable bonds is 9. The van der Waals surface area contributed by atoms with Gasteiger partial charge in [-0.2, -0.15) is 0 Å². The summed E-state index contributed by atoms with van der Waals surface area (Å²) in [4.78, 5) is 22.5. The third-order valence-corrected chi connectivity index (χ3v) is 3.16. The zero-order chi connectivity index (χ0) is 15.1. The van der Waals surface area contributed by atoms with E-state index < -0.39 is 11.4 Å². The summed E-state index contributed by atoms with van der Waals surface area (Å²) in [6.07, 6.45) is 1.27. The molecule has 0 bridgehead atoms. The Morgan fingerprint density at radius 3 is 2.32 bits per heavy atom. The molecule has 112 valence electrons. The van der Waals surface area contributed by atoms with Gasteiger partial charge in [0.25, 0.3) is 0 Å². The predicted octanol–water partition coefficient (Wildman–Crippen LogP) is 1.91. The van der Waals surface area contributed by atoms with Gasteiger partial charge in [-0.15, -0.1) is 0 Å². The Kier molecular flexibility index (Phi) is 7.68. The summed E-state index contributed by atoms with van der Waals surface area (Å²) in [6.45, 7) is 8.70. The van der Waals surface area contributed by atoms with E-state index in [4.69, 9.17) is 9.84 Å². The number of ether oxygens (including phenoxy) is 1. The monoisotopic (exact) mass is 273 g/mol. The third kappa shape index (κ3) is 7.15. The highest BCUT2D eigenvalue weighted by Gasteiger charge is 2.28. The number of esters is 1. The molecular weight excluding hydrogens is 246 g/mol. The van der Waals surface area contributed by atoms with Gasteiger partial charge in [0.1, 0.15) is 0 Å². The average molecular weight is 273 g/mol. The Bertz CT molecular complexity index is 300. The van der Waals surface area contributed by atoms with Crippen molar-refractivity contribution in [2.24, 2.45) is 17.3 Å². The van der Waals surface area contributed by atoms with E-state index in [9.17, 15) is 9.59 Å². The van der Waals surface area contributed by atoms with E-state index >= 15 is 0 Å². The molecule has 0 aromatic carbocycles. The number of hydrogen-bond donors (Lipinski definition) is 2. The zero-order valence-electron chi connectivity index (χ0n) is 12.7. The van der Waals surface area contributed by atoms with Crippen LogP contribution in [-0.2, 0) is 14.3 Å². The van der Waals surface area contributed by atoms with Gasteiger partial charge >= 0.3 is 11.9 Å². The van der Waals surface area contributed by atoms with Crippen molar-refractivity contribution in [3.8, 4) is 0 Å². The van der Waals surface area contributed by atoms with Crippen LogP contribution < -0.4 is 5.32 Å². The number of carbonyl (C=O) groups is 2. The number of carboxylic acids is 1. The lowest BCUT2D eigenvalue weighted by Gasteiger charge is -2.22. The Labute approximate surface area is 115 Å². The molecule has 0 spiro atoms. The molecule has 0 radical (unpaired) electrons. The first kappa shape index (κ1) is 17.9. The maximum Gasteiger partial charge on any atom is 0.311 e. The van der Waals surface area contributed by atoms with Crippen LogP contribution in [0.1, 0.15) is 40.5 Å². The molecule has 0 rings (SSSR count). The minimum Gasteiger partial charge on any atom is -0.481 e. The fourth-order valence-electron chi connectivity index (χ4n) is 1.90. The third-order valence-electron chi connectivity index (χ3n) is 3.16. The molecule has 0 saturated carbocycles. The first-order valence-corrected chi connectivity index (χ1v) is 6.72. The average Bonchev–Trinajstić information content (AvgIpc) is 2.31. The van der Waals surface area contributed by atoms with Crippen molar-refractivity contribution in [3.05, 3.63) is 0 Å².